The van der Waals surface area contributed by atoms with Gasteiger partial charge in [0.2, 0.25) is 0 Å². The molecule has 4 rings (SSSR count). The minimum atomic E-state index is -0.408. The number of hydrogen-bond donors (Lipinski definition) is 1. The molecule has 4 unspecified atom stereocenters. The van der Waals surface area contributed by atoms with E-state index >= 15 is 0 Å². The van der Waals surface area contributed by atoms with Crippen LogP contribution < -0.4 is 0 Å². The van der Waals surface area contributed by atoms with Gasteiger partial charge in [0.15, 0.2) is 0 Å². The number of ether oxygens (including phenoxy) is 2. The molecule has 4 saturated carbocycles. The van der Waals surface area contributed by atoms with Gasteiger partial charge in [-0.2, -0.15) is 0 Å². The maximum absolute atomic E-state index is 11.6. The van der Waals surface area contributed by atoms with Crippen LogP contribution in [-0.2, 0) is 14.3 Å². The Morgan fingerprint density at radius 1 is 1.32 bits per heavy atom. The summed E-state index contributed by atoms with van der Waals surface area (Å²) in [7, 11) is 0. The number of hydrogen-bond acceptors (Lipinski definition) is 4. The lowest BCUT2D eigenvalue weighted by Crippen LogP contribution is -2.64. The first-order valence-electron chi connectivity index (χ1n) is 7.03. The van der Waals surface area contributed by atoms with Crippen molar-refractivity contribution in [3.05, 3.63) is 12.7 Å². The minimum absolute atomic E-state index is 0.163. The van der Waals surface area contributed by atoms with Crippen molar-refractivity contribution in [3.8, 4) is 0 Å². The molecule has 0 heterocycles. The number of aliphatic hydroxyl groups excluding tert-OH is 1. The van der Waals surface area contributed by atoms with Gasteiger partial charge in [0.25, 0.3) is 0 Å². The molecule has 0 spiro atoms. The summed E-state index contributed by atoms with van der Waals surface area (Å²) in [4.78, 5) is 11.6. The number of rotatable bonds is 4. The van der Waals surface area contributed by atoms with Crippen molar-refractivity contribution in [3.63, 3.8) is 0 Å². The zero-order valence-corrected chi connectivity index (χ0v) is 11.5. The molecule has 0 saturated heterocycles. The summed E-state index contributed by atoms with van der Waals surface area (Å²) in [5, 5.41) is 9.18. The van der Waals surface area contributed by atoms with Crippen LogP contribution in [0.25, 0.3) is 0 Å². The summed E-state index contributed by atoms with van der Waals surface area (Å²) in [6, 6.07) is 0. The molecule has 4 heteroatoms. The van der Waals surface area contributed by atoms with Crippen molar-refractivity contribution >= 4 is 5.97 Å². The molecule has 106 valence electrons. The molecular formula is C15H22O4. The number of carbonyl (C=O) groups excluding carboxylic acids is 1. The summed E-state index contributed by atoms with van der Waals surface area (Å²) in [5.41, 5.74) is -0.547. The van der Waals surface area contributed by atoms with Gasteiger partial charge in [-0.25, -0.2) is 4.79 Å². The lowest BCUT2D eigenvalue weighted by Gasteiger charge is -2.64. The normalized spacial score (nSPS) is 47.2. The topological polar surface area (TPSA) is 55.8 Å². The van der Waals surface area contributed by atoms with Crippen molar-refractivity contribution in [1.82, 2.24) is 0 Å². The number of esters is 1. The monoisotopic (exact) mass is 266 g/mol. The Hall–Kier alpha value is -0.870. The fourth-order valence-electron chi connectivity index (χ4n) is 5.40. The van der Waals surface area contributed by atoms with E-state index in [4.69, 9.17) is 9.47 Å². The lowest BCUT2D eigenvalue weighted by molar-refractivity contribution is -0.265. The summed E-state index contributed by atoms with van der Waals surface area (Å²) in [6.07, 6.45) is 6.91. The first-order chi connectivity index (χ1) is 8.92. The van der Waals surface area contributed by atoms with E-state index < -0.39 is 5.60 Å². The van der Waals surface area contributed by atoms with Crippen LogP contribution in [0, 0.1) is 11.3 Å². The number of carbonyl (C=O) groups is 1. The SMILES string of the molecule is C=CC(=O)OC12CC3CC(C)(CC(OCO)(C3)C1)C2. The van der Waals surface area contributed by atoms with Gasteiger partial charge in [0, 0.05) is 12.5 Å². The van der Waals surface area contributed by atoms with E-state index in [0.29, 0.717) is 12.3 Å². The maximum Gasteiger partial charge on any atom is 0.330 e. The third-order valence-corrected chi connectivity index (χ3v) is 5.10. The Balaban J connectivity index is 1.91. The van der Waals surface area contributed by atoms with E-state index in [2.05, 4.69) is 13.5 Å². The molecule has 0 amide bonds. The lowest BCUT2D eigenvalue weighted by atomic mass is 9.46. The second-order valence-corrected chi connectivity index (χ2v) is 7.08. The van der Waals surface area contributed by atoms with Crippen LogP contribution in [0.3, 0.4) is 0 Å². The second kappa shape index (κ2) is 4.06. The fourth-order valence-corrected chi connectivity index (χ4v) is 5.40. The van der Waals surface area contributed by atoms with Gasteiger partial charge in [-0.3, -0.25) is 0 Å². The Morgan fingerprint density at radius 3 is 2.63 bits per heavy atom. The van der Waals surface area contributed by atoms with Gasteiger partial charge >= 0.3 is 5.97 Å². The summed E-state index contributed by atoms with van der Waals surface area (Å²) < 4.78 is 11.4. The van der Waals surface area contributed by atoms with Gasteiger partial charge < -0.3 is 14.6 Å². The highest BCUT2D eigenvalue weighted by molar-refractivity contribution is 5.81. The smallest absolute Gasteiger partial charge is 0.330 e. The van der Waals surface area contributed by atoms with Crippen molar-refractivity contribution in [2.45, 2.75) is 56.7 Å². The standard InChI is InChI=1S/C15H22O4/c1-3-12(17)19-15-6-11-4-13(2,8-15)7-14(5-11,9-15)18-10-16/h3,11,16H,1,4-10H2,2H3. The largest absolute Gasteiger partial charge is 0.456 e. The molecule has 4 atom stereocenters. The third-order valence-electron chi connectivity index (χ3n) is 5.10. The van der Waals surface area contributed by atoms with Gasteiger partial charge in [-0.1, -0.05) is 13.5 Å². The predicted molar refractivity (Wildman–Crippen MR) is 69.2 cm³/mol. The van der Waals surface area contributed by atoms with Crippen LogP contribution in [0.2, 0.25) is 0 Å². The van der Waals surface area contributed by atoms with E-state index in [0.717, 1.165) is 25.7 Å². The third kappa shape index (κ3) is 2.11. The molecule has 0 aromatic rings. The summed E-state index contributed by atoms with van der Waals surface area (Å²) in [5.74, 6) is 0.190. The van der Waals surface area contributed by atoms with Crippen LogP contribution >= 0.6 is 0 Å². The molecule has 4 aliphatic rings. The van der Waals surface area contributed by atoms with Crippen LogP contribution in [0.1, 0.15) is 45.4 Å². The summed E-state index contributed by atoms with van der Waals surface area (Å²) >= 11 is 0. The van der Waals surface area contributed by atoms with E-state index in [1.165, 1.54) is 12.5 Å². The van der Waals surface area contributed by atoms with E-state index in [1.54, 1.807) is 0 Å². The zero-order valence-electron chi connectivity index (χ0n) is 11.5. The number of aliphatic hydroxyl groups is 1. The minimum Gasteiger partial charge on any atom is -0.456 e. The second-order valence-electron chi connectivity index (χ2n) is 7.08. The Morgan fingerprint density at radius 2 is 2.00 bits per heavy atom. The quantitative estimate of drug-likeness (QED) is 0.481. The zero-order chi connectivity index (χ0) is 13.7. The molecule has 4 bridgehead atoms. The van der Waals surface area contributed by atoms with E-state index in [1.807, 2.05) is 0 Å². The highest BCUT2D eigenvalue weighted by Crippen LogP contribution is 2.65. The first-order valence-corrected chi connectivity index (χ1v) is 7.03. The van der Waals surface area contributed by atoms with Gasteiger partial charge in [-0.05, 0) is 43.4 Å². The highest BCUT2D eigenvalue weighted by Gasteiger charge is 2.64. The highest BCUT2D eigenvalue weighted by atomic mass is 16.6. The molecular weight excluding hydrogens is 244 g/mol. The average Bonchev–Trinajstić information content (AvgIpc) is 2.24. The Bertz CT molecular complexity index is 420. The fraction of sp³-hybridized carbons (Fsp3) is 0.800. The molecule has 0 aliphatic heterocycles. The molecule has 4 nitrogen and oxygen atoms in total. The van der Waals surface area contributed by atoms with Crippen LogP contribution in [0.5, 0.6) is 0 Å². The maximum atomic E-state index is 11.6. The van der Waals surface area contributed by atoms with Crippen molar-refractivity contribution in [2.75, 3.05) is 6.79 Å². The molecule has 0 radical (unpaired) electrons. The average molecular weight is 266 g/mol. The molecule has 0 aromatic carbocycles. The predicted octanol–water partition coefficient (Wildman–Crippen LogP) is 2.16. The van der Waals surface area contributed by atoms with E-state index in [-0.39, 0.29) is 23.8 Å². The molecule has 4 fully saturated rings. The van der Waals surface area contributed by atoms with E-state index in [9.17, 15) is 9.90 Å². The summed E-state index contributed by atoms with van der Waals surface area (Å²) in [6.45, 7) is 5.48. The Kier molecular flexibility index (Phi) is 2.81. The van der Waals surface area contributed by atoms with Crippen LogP contribution in [0.4, 0.5) is 0 Å². The van der Waals surface area contributed by atoms with Crippen LogP contribution in [-0.4, -0.2) is 29.1 Å². The molecule has 0 aromatic heterocycles. The van der Waals surface area contributed by atoms with Crippen molar-refractivity contribution in [2.24, 2.45) is 11.3 Å². The molecule has 1 N–H and O–H groups in total. The van der Waals surface area contributed by atoms with Gasteiger partial charge in [-0.15, -0.1) is 0 Å². The van der Waals surface area contributed by atoms with Crippen molar-refractivity contribution in [1.29, 1.82) is 0 Å². The van der Waals surface area contributed by atoms with Gasteiger partial charge in [0.1, 0.15) is 12.4 Å². The Labute approximate surface area is 113 Å². The van der Waals surface area contributed by atoms with Crippen molar-refractivity contribution < 1.29 is 19.4 Å². The van der Waals surface area contributed by atoms with Gasteiger partial charge in [0.05, 0.1) is 5.60 Å². The van der Waals surface area contributed by atoms with Crippen LogP contribution in [0.15, 0.2) is 12.7 Å². The first kappa shape index (κ1) is 13.1. The molecule has 19 heavy (non-hydrogen) atoms. The molecule has 4 aliphatic carbocycles.